The fraction of sp³-hybridized carbons (Fsp3) is 0.278. The Morgan fingerprint density at radius 1 is 1.35 bits per heavy atom. The second kappa shape index (κ2) is 7.41. The summed E-state index contributed by atoms with van der Waals surface area (Å²) in [6.45, 7) is 5.54. The van der Waals surface area contributed by atoms with Crippen LogP contribution < -0.4 is 0 Å². The first kappa shape index (κ1) is 16.5. The molecule has 2 aromatic rings. The minimum absolute atomic E-state index is 0.211. The van der Waals surface area contributed by atoms with Crippen LogP contribution in [0.5, 0.6) is 0 Å². The van der Waals surface area contributed by atoms with Gasteiger partial charge >= 0.3 is 5.97 Å². The zero-order valence-electron chi connectivity index (χ0n) is 13.3. The average Bonchev–Trinajstić information content (AvgIpc) is 2.98. The third kappa shape index (κ3) is 3.86. The molecule has 5 nitrogen and oxygen atoms in total. The van der Waals surface area contributed by atoms with E-state index in [-0.39, 0.29) is 24.1 Å². The van der Waals surface area contributed by atoms with Crippen molar-refractivity contribution in [1.29, 1.82) is 0 Å². The van der Waals surface area contributed by atoms with Crippen LogP contribution in [-0.2, 0) is 9.53 Å². The number of nitrogens with zero attached hydrogens (tertiary/aromatic N) is 1. The van der Waals surface area contributed by atoms with Crippen LogP contribution in [0.4, 0.5) is 0 Å². The Kier molecular flexibility index (Phi) is 5.32. The van der Waals surface area contributed by atoms with Crippen LogP contribution in [-0.4, -0.2) is 23.3 Å². The van der Waals surface area contributed by atoms with Gasteiger partial charge in [0, 0.05) is 17.4 Å². The van der Waals surface area contributed by atoms with Crippen molar-refractivity contribution in [3.63, 3.8) is 0 Å². The van der Waals surface area contributed by atoms with Crippen molar-refractivity contribution in [2.24, 2.45) is 0 Å². The van der Waals surface area contributed by atoms with Gasteiger partial charge in [-0.25, -0.2) is 9.78 Å². The summed E-state index contributed by atoms with van der Waals surface area (Å²) >= 11 is 0. The molecule has 0 spiro atoms. The SMILES string of the molecule is CCOC(=O)C#CC(C)c1ccccc1C(=O)c1ocnc1C. The maximum atomic E-state index is 12.6. The smallest absolute Gasteiger partial charge is 0.384 e. The first-order chi connectivity index (χ1) is 11.0. The summed E-state index contributed by atoms with van der Waals surface area (Å²) in [4.78, 5) is 27.9. The molecule has 1 unspecified atom stereocenters. The fourth-order valence-electron chi connectivity index (χ4n) is 2.14. The molecule has 0 saturated heterocycles. The Bertz CT molecular complexity index is 780. The van der Waals surface area contributed by atoms with Gasteiger partial charge in [-0.05, 0) is 26.3 Å². The first-order valence-corrected chi connectivity index (χ1v) is 7.26. The molecule has 1 aromatic carbocycles. The zero-order chi connectivity index (χ0) is 16.8. The quantitative estimate of drug-likeness (QED) is 0.376. The second-order valence-electron chi connectivity index (χ2n) is 4.89. The van der Waals surface area contributed by atoms with Crippen molar-refractivity contribution >= 4 is 11.8 Å². The van der Waals surface area contributed by atoms with E-state index in [0.717, 1.165) is 5.56 Å². The molecule has 2 rings (SSSR count). The molecular weight excluding hydrogens is 294 g/mol. The van der Waals surface area contributed by atoms with E-state index < -0.39 is 5.97 Å². The van der Waals surface area contributed by atoms with Crippen molar-refractivity contribution in [1.82, 2.24) is 4.98 Å². The largest absolute Gasteiger partial charge is 0.456 e. The van der Waals surface area contributed by atoms with E-state index >= 15 is 0 Å². The van der Waals surface area contributed by atoms with E-state index in [9.17, 15) is 9.59 Å². The van der Waals surface area contributed by atoms with E-state index in [2.05, 4.69) is 16.8 Å². The highest BCUT2D eigenvalue weighted by Crippen LogP contribution is 2.23. The Hall–Kier alpha value is -2.87. The van der Waals surface area contributed by atoms with Crippen molar-refractivity contribution < 1.29 is 18.7 Å². The Labute approximate surface area is 134 Å². The number of carbonyl (C=O) groups excluding carboxylic acids is 2. The number of aromatic nitrogens is 1. The number of oxazole rings is 1. The highest BCUT2D eigenvalue weighted by atomic mass is 16.5. The lowest BCUT2D eigenvalue weighted by Gasteiger charge is -2.10. The van der Waals surface area contributed by atoms with Crippen molar-refractivity contribution in [2.45, 2.75) is 26.7 Å². The lowest BCUT2D eigenvalue weighted by Crippen LogP contribution is -2.08. The molecule has 1 aromatic heterocycles. The lowest BCUT2D eigenvalue weighted by atomic mass is 9.93. The number of carbonyl (C=O) groups is 2. The number of esters is 1. The van der Waals surface area contributed by atoms with Crippen LogP contribution >= 0.6 is 0 Å². The number of benzene rings is 1. The molecular formula is C18H17NO4. The normalized spacial score (nSPS) is 11.3. The van der Waals surface area contributed by atoms with Gasteiger partial charge < -0.3 is 9.15 Å². The van der Waals surface area contributed by atoms with E-state index in [1.54, 1.807) is 26.0 Å². The number of ketones is 1. The summed E-state index contributed by atoms with van der Waals surface area (Å²) in [7, 11) is 0. The maximum Gasteiger partial charge on any atom is 0.384 e. The molecule has 0 N–H and O–H groups in total. The highest BCUT2D eigenvalue weighted by molar-refractivity contribution is 6.08. The Morgan fingerprint density at radius 2 is 2.09 bits per heavy atom. The summed E-state index contributed by atoms with van der Waals surface area (Å²) in [5, 5.41) is 0. The van der Waals surface area contributed by atoms with Crippen molar-refractivity contribution in [3.8, 4) is 11.8 Å². The van der Waals surface area contributed by atoms with Gasteiger partial charge in [-0.2, -0.15) is 0 Å². The summed E-state index contributed by atoms with van der Waals surface area (Å²) in [6.07, 6.45) is 1.25. The Morgan fingerprint density at radius 3 is 2.74 bits per heavy atom. The van der Waals surface area contributed by atoms with Crippen LogP contribution in [0.3, 0.4) is 0 Å². The number of hydrogen-bond acceptors (Lipinski definition) is 5. The monoisotopic (exact) mass is 311 g/mol. The number of ether oxygens (including phenoxy) is 1. The van der Waals surface area contributed by atoms with Crippen LogP contribution in [0.2, 0.25) is 0 Å². The Balaban J connectivity index is 2.32. The maximum absolute atomic E-state index is 12.6. The van der Waals surface area contributed by atoms with Crippen molar-refractivity contribution in [2.75, 3.05) is 6.61 Å². The molecule has 0 saturated carbocycles. The second-order valence-corrected chi connectivity index (χ2v) is 4.89. The third-order valence-corrected chi connectivity index (χ3v) is 3.29. The number of hydrogen-bond donors (Lipinski definition) is 0. The highest BCUT2D eigenvalue weighted by Gasteiger charge is 2.20. The molecule has 1 heterocycles. The van der Waals surface area contributed by atoms with Gasteiger partial charge in [-0.1, -0.05) is 30.2 Å². The lowest BCUT2D eigenvalue weighted by molar-refractivity contribution is -0.136. The number of rotatable bonds is 4. The van der Waals surface area contributed by atoms with E-state index in [1.165, 1.54) is 6.39 Å². The van der Waals surface area contributed by atoms with E-state index in [0.29, 0.717) is 11.3 Å². The first-order valence-electron chi connectivity index (χ1n) is 7.26. The fourth-order valence-corrected chi connectivity index (χ4v) is 2.14. The zero-order valence-corrected chi connectivity index (χ0v) is 13.3. The van der Waals surface area contributed by atoms with Gasteiger partial charge in [-0.15, -0.1) is 0 Å². The molecule has 0 bridgehead atoms. The third-order valence-electron chi connectivity index (χ3n) is 3.29. The molecule has 0 aliphatic heterocycles. The van der Waals surface area contributed by atoms with Crippen LogP contribution in [0.1, 0.15) is 47.1 Å². The predicted molar refractivity (Wildman–Crippen MR) is 83.9 cm³/mol. The molecule has 0 aliphatic rings. The minimum Gasteiger partial charge on any atom is -0.456 e. The molecule has 23 heavy (non-hydrogen) atoms. The molecule has 0 aliphatic carbocycles. The van der Waals surface area contributed by atoms with Gasteiger partial charge in [-0.3, -0.25) is 4.79 Å². The average molecular weight is 311 g/mol. The van der Waals surface area contributed by atoms with Gasteiger partial charge in [0.05, 0.1) is 12.3 Å². The van der Waals surface area contributed by atoms with Gasteiger partial charge in [0.2, 0.25) is 5.78 Å². The topological polar surface area (TPSA) is 69.4 Å². The van der Waals surface area contributed by atoms with Gasteiger partial charge in [0.1, 0.15) is 0 Å². The predicted octanol–water partition coefficient (Wildman–Crippen LogP) is 2.88. The number of aryl methyl sites for hydroxylation is 1. The molecule has 5 heteroatoms. The molecule has 0 fully saturated rings. The summed E-state index contributed by atoms with van der Waals surface area (Å²) in [6, 6.07) is 7.11. The standard InChI is InChI=1S/C18H17NO4/c1-4-22-16(20)10-9-12(2)14-7-5-6-8-15(14)17(21)18-13(3)19-11-23-18/h5-8,11-12H,4H2,1-3H3. The molecule has 0 radical (unpaired) electrons. The molecule has 1 atom stereocenters. The van der Waals surface area contributed by atoms with Crippen LogP contribution in [0.25, 0.3) is 0 Å². The van der Waals surface area contributed by atoms with E-state index in [4.69, 9.17) is 9.15 Å². The van der Waals surface area contributed by atoms with Crippen LogP contribution in [0.15, 0.2) is 35.1 Å². The van der Waals surface area contributed by atoms with Crippen molar-refractivity contribution in [3.05, 3.63) is 53.2 Å². The summed E-state index contributed by atoms with van der Waals surface area (Å²) in [5.41, 5.74) is 1.75. The van der Waals surface area contributed by atoms with E-state index in [1.807, 2.05) is 19.1 Å². The van der Waals surface area contributed by atoms with Crippen LogP contribution in [0, 0.1) is 18.8 Å². The summed E-state index contributed by atoms with van der Waals surface area (Å²) in [5.74, 6) is 4.34. The van der Waals surface area contributed by atoms with Gasteiger partial charge in [0.15, 0.2) is 12.2 Å². The van der Waals surface area contributed by atoms with Gasteiger partial charge in [0.25, 0.3) is 0 Å². The summed E-state index contributed by atoms with van der Waals surface area (Å²) < 4.78 is 9.95. The molecule has 0 amide bonds. The minimum atomic E-state index is -0.575. The molecule has 118 valence electrons.